The zero-order valence-corrected chi connectivity index (χ0v) is 12.8. The van der Waals surface area contributed by atoms with E-state index in [2.05, 4.69) is 5.32 Å². The van der Waals surface area contributed by atoms with E-state index in [-0.39, 0.29) is 42.5 Å². The number of likely N-dealkylation sites (N-methyl/N-ethyl adjacent to an activating group) is 1. The number of nitrogens with one attached hydrogen (secondary N) is 1. The molecule has 1 unspecified atom stereocenters. The summed E-state index contributed by atoms with van der Waals surface area (Å²) in [5.41, 5.74) is 0. The second-order valence-electron chi connectivity index (χ2n) is 4.31. The van der Waals surface area contributed by atoms with Gasteiger partial charge in [0.05, 0.1) is 12.6 Å². The van der Waals surface area contributed by atoms with Crippen molar-refractivity contribution in [2.24, 2.45) is 0 Å². The largest absolute Gasteiger partial charge is 0.489 e. The van der Waals surface area contributed by atoms with E-state index < -0.39 is 0 Å². The molecule has 1 aromatic carbocycles. The molecular formula is C13H18ClFN2O2S. The van der Waals surface area contributed by atoms with Crippen LogP contribution in [0, 0.1) is 5.82 Å². The number of amides is 1. The molecule has 0 aromatic heterocycles. The van der Waals surface area contributed by atoms with Crippen LogP contribution < -0.4 is 10.1 Å². The van der Waals surface area contributed by atoms with Gasteiger partial charge in [0.1, 0.15) is 6.61 Å². The molecule has 0 radical (unpaired) electrons. The van der Waals surface area contributed by atoms with Crippen molar-refractivity contribution < 1.29 is 13.9 Å². The number of rotatable bonds is 5. The van der Waals surface area contributed by atoms with Crippen molar-refractivity contribution in [1.82, 2.24) is 10.2 Å². The van der Waals surface area contributed by atoms with Crippen molar-refractivity contribution in [2.75, 3.05) is 31.8 Å². The third-order valence-corrected chi connectivity index (χ3v) is 3.85. The molecule has 1 amide bonds. The Kier molecular flexibility index (Phi) is 7.12. The first-order chi connectivity index (χ1) is 9.18. The maximum Gasteiger partial charge on any atom is 0.240 e. The van der Waals surface area contributed by atoms with Gasteiger partial charge in [-0.1, -0.05) is 12.1 Å². The average molecular weight is 321 g/mol. The summed E-state index contributed by atoms with van der Waals surface area (Å²) in [5, 5.41) is 3.13. The van der Waals surface area contributed by atoms with E-state index in [4.69, 9.17) is 4.74 Å². The maximum atomic E-state index is 13.3. The third kappa shape index (κ3) is 4.54. The fourth-order valence-corrected chi connectivity index (χ4v) is 2.72. The van der Waals surface area contributed by atoms with Crippen molar-refractivity contribution in [3.8, 4) is 5.75 Å². The molecule has 7 heteroatoms. The smallest absolute Gasteiger partial charge is 0.240 e. The lowest BCUT2D eigenvalue weighted by Gasteiger charge is -2.20. The molecule has 1 aliphatic heterocycles. The lowest BCUT2D eigenvalue weighted by molar-refractivity contribution is -0.131. The fraction of sp³-hybridized carbons (Fsp3) is 0.462. The molecule has 1 atom stereocenters. The highest BCUT2D eigenvalue weighted by atomic mass is 35.5. The summed E-state index contributed by atoms with van der Waals surface area (Å²) < 4.78 is 18.6. The number of benzene rings is 1. The van der Waals surface area contributed by atoms with E-state index in [1.165, 1.54) is 6.07 Å². The minimum atomic E-state index is -0.384. The summed E-state index contributed by atoms with van der Waals surface area (Å²) in [7, 11) is 1.73. The number of ether oxygens (including phenoxy) is 1. The van der Waals surface area contributed by atoms with Crippen LogP contribution in [0.4, 0.5) is 4.39 Å². The van der Waals surface area contributed by atoms with Crippen LogP contribution in [-0.4, -0.2) is 48.7 Å². The highest BCUT2D eigenvalue weighted by molar-refractivity contribution is 7.99. The summed E-state index contributed by atoms with van der Waals surface area (Å²) in [6, 6.07) is 6.15. The van der Waals surface area contributed by atoms with Crippen LogP contribution in [0.15, 0.2) is 24.3 Å². The Hall–Kier alpha value is -0.980. The van der Waals surface area contributed by atoms with E-state index >= 15 is 0 Å². The van der Waals surface area contributed by atoms with Crippen LogP contribution >= 0.6 is 24.2 Å². The molecule has 0 saturated carbocycles. The first-order valence-electron chi connectivity index (χ1n) is 6.12. The number of para-hydroxylation sites is 1. The predicted molar refractivity (Wildman–Crippen MR) is 81.0 cm³/mol. The monoisotopic (exact) mass is 320 g/mol. The van der Waals surface area contributed by atoms with Crippen molar-refractivity contribution in [3.63, 3.8) is 0 Å². The van der Waals surface area contributed by atoms with Gasteiger partial charge in [0.2, 0.25) is 5.91 Å². The number of halogens is 2. The van der Waals surface area contributed by atoms with Crippen LogP contribution in [0.2, 0.25) is 0 Å². The Labute approximate surface area is 128 Å². The minimum absolute atomic E-state index is 0. The molecule has 0 spiro atoms. The van der Waals surface area contributed by atoms with Gasteiger partial charge >= 0.3 is 0 Å². The second kappa shape index (κ2) is 8.34. The molecule has 1 saturated heterocycles. The number of hydrogen-bond donors (Lipinski definition) is 1. The van der Waals surface area contributed by atoms with Crippen LogP contribution in [-0.2, 0) is 4.79 Å². The van der Waals surface area contributed by atoms with E-state index in [0.29, 0.717) is 6.54 Å². The fourth-order valence-electron chi connectivity index (χ4n) is 1.78. The Balaban J connectivity index is 0.00000200. The topological polar surface area (TPSA) is 41.6 Å². The van der Waals surface area contributed by atoms with Crippen LogP contribution in [0.5, 0.6) is 5.75 Å². The molecule has 20 heavy (non-hydrogen) atoms. The number of nitrogens with zero attached hydrogens (tertiary/aromatic N) is 1. The quantitative estimate of drug-likeness (QED) is 0.897. The SMILES string of the molecule is CN(CCOc1ccccc1F)C(=O)C1CSCN1.Cl. The summed E-state index contributed by atoms with van der Waals surface area (Å²) in [6.07, 6.45) is 0. The molecule has 1 N–H and O–H groups in total. The summed E-state index contributed by atoms with van der Waals surface area (Å²) in [4.78, 5) is 13.6. The highest BCUT2D eigenvalue weighted by Crippen LogP contribution is 2.15. The van der Waals surface area contributed by atoms with Crippen molar-refractivity contribution >= 4 is 30.1 Å². The molecular weight excluding hydrogens is 303 g/mol. The molecule has 1 fully saturated rings. The van der Waals surface area contributed by atoms with Gasteiger partial charge in [0.25, 0.3) is 0 Å². The van der Waals surface area contributed by atoms with Crippen molar-refractivity contribution in [2.45, 2.75) is 6.04 Å². The molecule has 1 aliphatic rings. The van der Waals surface area contributed by atoms with Gasteiger partial charge in [0, 0.05) is 18.7 Å². The first kappa shape index (κ1) is 17.1. The molecule has 0 bridgehead atoms. The van der Waals surface area contributed by atoms with Crippen LogP contribution in [0.3, 0.4) is 0 Å². The lowest BCUT2D eigenvalue weighted by Crippen LogP contribution is -2.44. The van der Waals surface area contributed by atoms with E-state index in [9.17, 15) is 9.18 Å². The first-order valence-corrected chi connectivity index (χ1v) is 7.27. The average Bonchev–Trinajstić information content (AvgIpc) is 2.94. The van der Waals surface area contributed by atoms with Gasteiger partial charge in [-0.2, -0.15) is 0 Å². The van der Waals surface area contributed by atoms with E-state index in [1.807, 2.05) is 0 Å². The molecule has 4 nitrogen and oxygen atoms in total. The molecule has 0 aliphatic carbocycles. The molecule has 1 aromatic rings. The van der Waals surface area contributed by atoms with Gasteiger partial charge in [-0.25, -0.2) is 4.39 Å². The van der Waals surface area contributed by atoms with E-state index in [0.717, 1.165) is 11.6 Å². The minimum Gasteiger partial charge on any atom is -0.489 e. The van der Waals surface area contributed by atoms with Gasteiger partial charge in [-0.15, -0.1) is 24.2 Å². The van der Waals surface area contributed by atoms with E-state index in [1.54, 1.807) is 41.9 Å². The zero-order chi connectivity index (χ0) is 13.7. The van der Waals surface area contributed by atoms with Gasteiger partial charge in [0.15, 0.2) is 11.6 Å². The maximum absolute atomic E-state index is 13.3. The number of thioether (sulfide) groups is 1. The zero-order valence-electron chi connectivity index (χ0n) is 11.2. The number of carbonyl (C=O) groups is 1. The number of hydrogen-bond acceptors (Lipinski definition) is 4. The molecule has 2 rings (SSSR count). The van der Waals surface area contributed by atoms with Gasteiger partial charge in [-0.05, 0) is 12.1 Å². The Morgan fingerprint density at radius 2 is 2.30 bits per heavy atom. The molecule has 112 valence electrons. The summed E-state index contributed by atoms with van der Waals surface area (Å²) in [6.45, 7) is 0.721. The second-order valence-corrected chi connectivity index (χ2v) is 5.34. The summed E-state index contributed by atoms with van der Waals surface area (Å²) >= 11 is 1.71. The van der Waals surface area contributed by atoms with Crippen LogP contribution in [0.25, 0.3) is 0 Å². The van der Waals surface area contributed by atoms with Crippen molar-refractivity contribution in [3.05, 3.63) is 30.1 Å². The third-order valence-electron chi connectivity index (χ3n) is 2.91. The van der Waals surface area contributed by atoms with Gasteiger partial charge in [-0.3, -0.25) is 10.1 Å². The summed E-state index contributed by atoms with van der Waals surface area (Å²) in [5.74, 6) is 1.51. The molecule has 1 heterocycles. The Bertz CT molecular complexity index is 444. The Morgan fingerprint density at radius 3 is 2.95 bits per heavy atom. The normalized spacial score (nSPS) is 17.4. The van der Waals surface area contributed by atoms with Crippen LogP contribution in [0.1, 0.15) is 0 Å². The Morgan fingerprint density at radius 1 is 1.55 bits per heavy atom. The lowest BCUT2D eigenvalue weighted by atomic mass is 10.3. The number of carbonyl (C=O) groups excluding carboxylic acids is 1. The highest BCUT2D eigenvalue weighted by Gasteiger charge is 2.25. The standard InChI is InChI=1S/C13H17FN2O2S.ClH/c1-16(13(17)11-8-19-9-15-11)6-7-18-12-5-3-2-4-10(12)14;/h2-5,11,15H,6-9H2,1H3;1H. The van der Waals surface area contributed by atoms with Gasteiger partial charge < -0.3 is 9.64 Å². The van der Waals surface area contributed by atoms with Crippen molar-refractivity contribution in [1.29, 1.82) is 0 Å². The predicted octanol–water partition coefficient (Wildman–Crippen LogP) is 1.75.